The molecule has 2 N–H and O–H groups in total. The molecule has 5 nitrogen and oxygen atoms in total. The topological polar surface area (TPSA) is 59.1 Å². The van der Waals surface area contributed by atoms with Gasteiger partial charge < -0.3 is 15.4 Å². The molecule has 0 bridgehead atoms. The first kappa shape index (κ1) is 21.4. The van der Waals surface area contributed by atoms with Crippen LogP contribution >= 0.6 is 0 Å². The molecule has 0 unspecified atom stereocenters. The van der Waals surface area contributed by atoms with Gasteiger partial charge in [-0.25, -0.2) is 9.37 Å². The summed E-state index contributed by atoms with van der Waals surface area (Å²) in [5.41, 5.74) is -0.343. The maximum atomic E-state index is 13.4. The molecule has 2 aromatic carbocycles. The van der Waals surface area contributed by atoms with Gasteiger partial charge in [0, 0.05) is 17.6 Å². The highest BCUT2D eigenvalue weighted by Crippen LogP contribution is 2.35. The highest BCUT2D eigenvalue weighted by Gasteiger charge is 2.35. The number of hydrogen-bond acceptors (Lipinski definition) is 5. The van der Waals surface area contributed by atoms with Crippen molar-refractivity contribution in [2.45, 2.75) is 25.9 Å². The van der Waals surface area contributed by atoms with Crippen LogP contribution < -0.4 is 15.4 Å². The van der Waals surface area contributed by atoms with Gasteiger partial charge in [-0.3, -0.25) is 0 Å². The number of alkyl halides is 3. The fraction of sp³-hybridized carbons (Fsp3) is 0.238. The monoisotopic (exact) mass is 420 g/mol. The lowest BCUT2D eigenvalue weighted by molar-refractivity contribution is -0.137. The molecule has 0 fully saturated rings. The number of anilines is 4. The lowest BCUT2D eigenvalue weighted by atomic mass is 10.2. The molecule has 3 rings (SSSR count). The quantitative estimate of drug-likeness (QED) is 0.331. The van der Waals surface area contributed by atoms with E-state index in [1.807, 2.05) is 0 Å². The molecule has 0 aliphatic heterocycles. The molecule has 3 aromatic rings. The van der Waals surface area contributed by atoms with E-state index in [-0.39, 0.29) is 11.6 Å². The predicted molar refractivity (Wildman–Crippen MR) is 107 cm³/mol. The van der Waals surface area contributed by atoms with E-state index in [0.29, 0.717) is 24.2 Å². The Labute approximate surface area is 171 Å². The Morgan fingerprint density at radius 2 is 1.77 bits per heavy atom. The van der Waals surface area contributed by atoms with E-state index in [2.05, 4.69) is 27.5 Å². The van der Waals surface area contributed by atoms with Crippen molar-refractivity contribution in [3.05, 3.63) is 66.1 Å². The van der Waals surface area contributed by atoms with Crippen LogP contribution in [-0.2, 0) is 6.18 Å². The second-order valence-electron chi connectivity index (χ2n) is 6.44. The van der Waals surface area contributed by atoms with Crippen molar-refractivity contribution in [1.82, 2.24) is 9.97 Å². The van der Waals surface area contributed by atoms with Crippen molar-refractivity contribution in [1.29, 1.82) is 0 Å². The van der Waals surface area contributed by atoms with Gasteiger partial charge in [0.15, 0.2) is 0 Å². The average molecular weight is 420 g/mol. The van der Waals surface area contributed by atoms with Crippen molar-refractivity contribution in [3.63, 3.8) is 0 Å². The van der Waals surface area contributed by atoms with E-state index in [0.717, 1.165) is 18.9 Å². The lowest BCUT2D eigenvalue weighted by Crippen LogP contribution is -2.12. The molecule has 0 amide bonds. The third kappa shape index (κ3) is 5.82. The number of halogens is 4. The highest BCUT2D eigenvalue weighted by molar-refractivity contribution is 5.63. The van der Waals surface area contributed by atoms with E-state index in [9.17, 15) is 17.6 Å². The molecular formula is C21H20F4N4O. The van der Waals surface area contributed by atoms with Gasteiger partial charge in [-0.2, -0.15) is 18.2 Å². The number of benzene rings is 2. The zero-order valence-corrected chi connectivity index (χ0v) is 16.1. The number of ether oxygens (including phenoxy) is 1. The summed E-state index contributed by atoms with van der Waals surface area (Å²) < 4.78 is 59.0. The molecule has 0 saturated heterocycles. The summed E-state index contributed by atoms with van der Waals surface area (Å²) in [5, 5.41) is 5.37. The predicted octanol–water partition coefficient (Wildman–Crippen LogP) is 6.30. The Bertz CT molecular complexity index is 977. The minimum atomic E-state index is -4.67. The number of hydrogen-bond donors (Lipinski definition) is 2. The van der Waals surface area contributed by atoms with Crippen LogP contribution in [0.3, 0.4) is 0 Å². The molecule has 0 aliphatic rings. The Morgan fingerprint density at radius 3 is 2.43 bits per heavy atom. The second kappa shape index (κ2) is 9.43. The number of rotatable bonds is 8. The van der Waals surface area contributed by atoms with Crippen molar-refractivity contribution in [3.8, 4) is 5.75 Å². The zero-order chi connectivity index (χ0) is 21.6. The van der Waals surface area contributed by atoms with Crippen LogP contribution in [0.1, 0.15) is 25.3 Å². The molecular weight excluding hydrogens is 400 g/mol. The molecule has 0 atom stereocenters. The van der Waals surface area contributed by atoms with Gasteiger partial charge in [-0.15, -0.1) is 0 Å². The van der Waals surface area contributed by atoms with Crippen LogP contribution in [0.15, 0.2) is 54.7 Å². The summed E-state index contributed by atoms with van der Waals surface area (Å²) in [7, 11) is 0. The first-order valence-corrected chi connectivity index (χ1v) is 9.32. The summed E-state index contributed by atoms with van der Waals surface area (Å²) >= 11 is 0. The summed E-state index contributed by atoms with van der Waals surface area (Å²) in [6.45, 7) is 2.68. The summed E-state index contributed by atoms with van der Waals surface area (Å²) in [4.78, 5) is 7.69. The van der Waals surface area contributed by atoms with Crippen LogP contribution in [0.4, 0.5) is 40.7 Å². The molecule has 30 heavy (non-hydrogen) atoms. The minimum Gasteiger partial charge on any atom is -0.494 e. The Balaban J connectivity index is 1.80. The van der Waals surface area contributed by atoms with E-state index in [4.69, 9.17) is 4.74 Å². The number of nitrogens with zero attached hydrogens (tertiary/aromatic N) is 2. The van der Waals surface area contributed by atoms with Gasteiger partial charge >= 0.3 is 6.18 Å². The summed E-state index contributed by atoms with van der Waals surface area (Å²) in [5.74, 6) is -0.412. The summed E-state index contributed by atoms with van der Waals surface area (Å²) in [6.07, 6.45) is -2.03. The lowest BCUT2D eigenvalue weighted by Gasteiger charge is -2.15. The minimum absolute atomic E-state index is 0.0402. The third-order valence-corrected chi connectivity index (χ3v) is 4.06. The SMILES string of the molecule is CCCCOc1ccc(Nc2ncc(C(F)(F)F)c(Nc3cccc(F)c3)n2)cc1. The normalized spacial score (nSPS) is 11.2. The molecule has 1 heterocycles. The van der Waals surface area contributed by atoms with E-state index >= 15 is 0 Å². The molecule has 9 heteroatoms. The van der Waals surface area contributed by atoms with Crippen molar-refractivity contribution in [2.75, 3.05) is 17.2 Å². The fourth-order valence-electron chi connectivity index (χ4n) is 2.55. The maximum Gasteiger partial charge on any atom is 0.421 e. The zero-order valence-electron chi connectivity index (χ0n) is 16.1. The van der Waals surface area contributed by atoms with Crippen LogP contribution in [0, 0.1) is 5.82 Å². The van der Waals surface area contributed by atoms with Gasteiger partial charge in [-0.1, -0.05) is 19.4 Å². The fourth-order valence-corrected chi connectivity index (χ4v) is 2.55. The number of unbranched alkanes of at least 4 members (excludes halogenated alkanes) is 1. The van der Waals surface area contributed by atoms with E-state index < -0.39 is 23.4 Å². The molecule has 0 spiro atoms. The molecule has 0 radical (unpaired) electrons. The Hall–Kier alpha value is -3.36. The van der Waals surface area contributed by atoms with Crippen LogP contribution in [0.2, 0.25) is 0 Å². The Kier molecular flexibility index (Phi) is 6.71. The molecule has 1 aromatic heterocycles. The van der Waals surface area contributed by atoms with Crippen LogP contribution in [-0.4, -0.2) is 16.6 Å². The third-order valence-electron chi connectivity index (χ3n) is 4.06. The van der Waals surface area contributed by atoms with Crippen molar-refractivity contribution in [2.24, 2.45) is 0 Å². The van der Waals surface area contributed by atoms with Gasteiger partial charge in [-0.05, 0) is 48.9 Å². The Morgan fingerprint density at radius 1 is 1.00 bits per heavy atom. The number of nitrogens with one attached hydrogen (secondary N) is 2. The van der Waals surface area contributed by atoms with Crippen molar-refractivity contribution < 1.29 is 22.3 Å². The molecule has 0 aliphatic carbocycles. The number of aromatic nitrogens is 2. The standard InChI is InChI=1S/C21H20F4N4O/c1-2-3-11-30-17-9-7-15(8-10-17)28-20-26-13-18(21(23,24)25)19(29-20)27-16-6-4-5-14(22)12-16/h4-10,12-13H,2-3,11H2,1H3,(H2,26,27,28,29). The van der Waals surface area contributed by atoms with Gasteiger partial charge in [0.05, 0.1) is 6.61 Å². The first-order valence-electron chi connectivity index (χ1n) is 9.32. The first-order chi connectivity index (χ1) is 14.3. The highest BCUT2D eigenvalue weighted by atomic mass is 19.4. The van der Waals surface area contributed by atoms with Gasteiger partial charge in [0.2, 0.25) is 5.95 Å². The smallest absolute Gasteiger partial charge is 0.421 e. The molecule has 158 valence electrons. The van der Waals surface area contributed by atoms with Crippen LogP contribution in [0.25, 0.3) is 0 Å². The van der Waals surface area contributed by atoms with Crippen LogP contribution in [0.5, 0.6) is 5.75 Å². The maximum absolute atomic E-state index is 13.4. The largest absolute Gasteiger partial charge is 0.494 e. The average Bonchev–Trinajstić information content (AvgIpc) is 2.69. The van der Waals surface area contributed by atoms with E-state index in [1.165, 1.54) is 18.2 Å². The second-order valence-corrected chi connectivity index (χ2v) is 6.44. The summed E-state index contributed by atoms with van der Waals surface area (Å²) in [6, 6.07) is 12.0. The van der Waals surface area contributed by atoms with E-state index in [1.54, 1.807) is 24.3 Å². The van der Waals surface area contributed by atoms with Gasteiger partial charge in [0.25, 0.3) is 0 Å². The van der Waals surface area contributed by atoms with Crippen molar-refractivity contribution >= 4 is 23.1 Å². The molecule has 0 saturated carbocycles. The van der Waals surface area contributed by atoms with Gasteiger partial charge in [0.1, 0.15) is 22.9 Å².